The molecule has 1 heterocycles. The average Bonchev–Trinajstić information content (AvgIpc) is 2.39. The highest BCUT2D eigenvalue weighted by atomic mass is 16.5. The van der Waals surface area contributed by atoms with Crippen LogP contribution in [0.15, 0.2) is 42.6 Å². The Morgan fingerprint density at radius 3 is 2.83 bits per heavy atom. The van der Waals surface area contributed by atoms with Gasteiger partial charge in [0.25, 0.3) is 0 Å². The summed E-state index contributed by atoms with van der Waals surface area (Å²) in [5, 5.41) is 18.5. The lowest BCUT2D eigenvalue weighted by Crippen LogP contribution is -1.94. The van der Waals surface area contributed by atoms with E-state index in [9.17, 15) is 5.11 Å². The predicted octanol–water partition coefficient (Wildman–Crippen LogP) is 2.42. The van der Waals surface area contributed by atoms with Crippen molar-refractivity contribution >= 4 is 0 Å². The molecule has 1 aromatic carbocycles. The third-order valence-corrected chi connectivity index (χ3v) is 2.54. The number of aromatic nitrogens is 1. The molecule has 94 valence electrons. The minimum atomic E-state index is -0.556. The second kappa shape index (κ2) is 5.62. The highest BCUT2D eigenvalue weighted by Crippen LogP contribution is 2.23. The van der Waals surface area contributed by atoms with Crippen molar-refractivity contribution < 1.29 is 14.9 Å². The molecule has 4 nitrogen and oxygen atoms in total. The third-order valence-electron chi connectivity index (χ3n) is 2.54. The Balaban J connectivity index is 2.20. The fourth-order valence-corrected chi connectivity index (χ4v) is 1.57. The van der Waals surface area contributed by atoms with Crippen LogP contribution in [0.2, 0.25) is 0 Å². The van der Waals surface area contributed by atoms with Gasteiger partial charge in [-0.15, -0.1) is 0 Å². The molecule has 0 bridgehead atoms. The van der Waals surface area contributed by atoms with E-state index in [1.807, 2.05) is 6.07 Å². The molecule has 1 atom stereocenters. The van der Waals surface area contributed by atoms with Crippen LogP contribution >= 0.6 is 0 Å². The molecular formula is C14H15NO3. The molecule has 0 radical (unpaired) electrons. The van der Waals surface area contributed by atoms with Gasteiger partial charge in [0, 0.05) is 12.3 Å². The number of hydrogen-bond donors (Lipinski definition) is 2. The summed E-state index contributed by atoms with van der Waals surface area (Å²) in [5.74, 6) is 1.03. The van der Waals surface area contributed by atoms with Crippen LogP contribution in [0.4, 0.5) is 0 Å². The van der Waals surface area contributed by atoms with Gasteiger partial charge in [-0.1, -0.05) is 12.1 Å². The first-order valence-corrected chi connectivity index (χ1v) is 5.70. The Morgan fingerprint density at radius 1 is 1.28 bits per heavy atom. The van der Waals surface area contributed by atoms with Crippen molar-refractivity contribution in [2.24, 2.45) is 0 Å². The van der Waals surface area contributed by atoms with E-state index < -0.39 is 6.10 Å². The van der Waals surface area contributed by atoms with Gasteiger partial charge in [0.05, 0.1) is 12.7 Å². The van der Waals surface area contributed by atoms with Gasteiger partial charge in [-0.25, -0.2) is 4.98 Å². The summed E-state index contributed by atoms with van der Waals surface area (Å²) in [6, 6.07) is 10.6. The number of benzene rings is 1. The van der Waals surface area contributed by atoms with Crippen LogP contribution in [0.3, 0.4) is 0 Å². The van der Waals surface area contributed by atoms with E-state index in [0.29, 0.717) is 11.6 Å². The van der Waals surface area contributed by atoms with Gasteiger partial charge < -0.3 is 14.9 Å². The number of hydrogen-bond acceptors (Lipinski definition) is 4. The normalized spacial score (nSPS) is 12.2. The molecule has 0 saturated heterocycles. The fourth-order valence-electron chi connectivity index (χ4n) is 1.57. The first-order valence-electron chi connectivity index (χ1n) is 5.70. The number of aliphatic hydroxyl groups excluding tert-OH is 2. The molecule has 2 rings (SSSR count). The number of aliphatic hydroxyl groups is 2. The summed E-state index contributed by atoms with van der Waals surface area (Å²) in [6.45, 7) is 1.66. The Kier molecular flexibility index (Phi) is 3.92. The first-order chi connectivity index (χ1) is 8.69. The number of rotatable bonds is 4. The van der Waals surface area contributed by atoms with E-state index in [2.05, 4.69) is 4.98 Å². The molecule has 4 heteroatoms. The first kappa shape index (κ1) is 12.5. The van der Waals surface area contributed by atoms with E-state index in [-0.39, 0.29) is 6.61 Å². The molecule has 18 heavy (non-hydrogen) atoms. The van der Waals surface area contributed by atoms with Crippen LogP contribution in [0, 0.1) is 0 Å². The number of nitrogens with zero attached hydrogens (tertiary/aromatic N) is 1. The van der Waals surface area contributed by atoms with Crippen molar-refractivity contribution in [2.45, 2.75) is 19.6 Å². The summed E-state index contributed by atoms with van der Waals surface area (Å²) in [5.41, 5.74) is 1.53. The van der Waals surface area contributed by atoms with E-state index in [0.717, 1.165) is 11.1 Å². The summed E-state index contributed by atoms with van der Waals surface area (Å²) in [6.07, 6.45) is 1.03. The van der Waals surface area contributed by atoms with Crippen LogP contribution in [0.5, 0.6) is 11.6 Å². The van der Waals surface area contributed by atoms with Gasteiger partial charge >= 0.3 is 0 Å². The molecule has 0 fully saturated rings. The maximum Gasteiger partial charge on any atom is 0.219 e. The van der Waals surface area contributed by atoms with Gasteiger partial charge in [0.2, 0.25) is 5.88 Å². The molecule has 0 aliphatic carbocycles. The highest BCUT2D eigenvalue weighted by Gasteiger charge is 2.04. The average molecular weight is 245 g/mol. The quantitative estimate of drug-likeness (QED) is 0.868. The largest absolute Gasteiger partial charge is 0.439 e. The van der Waals surface area contributed by atoms with Crippen LogP contribution < -0.4 is 4.74 Å². The monoisotopic (exact) mass is 245 g/mol. The zero-order chi connectivity index (χ0) is 13.0. The summed E-state index contributed by atoms with van der Waals surface area (Å²) in [7, 11) is 0. The van der Waals surface area contributed by atoms with Crippen molar-refractivity contribution in [2.75, 3.05) is 0 Å². The second-order valence-corrected chi connectivity index (χ2v) is 4.01. The molecule has 0 amide bonds. The molecule has 0 aliphatic heterocycles. The molecule has 0 saturated carbocycles. The summed E-state index contributed by atoms with van der Waals surface area (Å²) in [4.78, 5) is 4.08. The Labute approximate surface area is 106 Å². The van der Waals surface area contributed by atoms with E-state index in [4.69, 9.17) is 9.84 Å². The standard InChI is InChI=1S/C14H15NO3/c1-10(17)12-5-6-15-14(8-12)18-13-4-2-3-11(7-13)9-16/h2-8,10,16-17H,9H2,1H3. The maximum absolute atomic E-state index is 9.48. The van der Waals surface area contributed by atoms with Gasteiger partial charge in [0.1, 0.15) is 5.75 Å². The smallest absolute Gasteiger partial charge is 0.219 e. The predicted molar refractivity (Wildman–Crippen MR) is 67.3 cm³/mol. The van der Waals surface area contributed by atoms with Crippen molar-refractivity contribution in [3.8, 4) is 11.6 Å². The molecule has 2 aromatic rings. The van der Waals surface area contributed by atoms with Crippen LogP contribution in [0.1, 0.15) is 24.2 Å². The third kappa shape index (κ3) is 3.06. The Hall–Kier alpha value is -1.91. The molecule has 0 spiro atoms. The van der Waals surface area contributed by atoms with E-state index in [1.54, 1.807) is 43.5 Å². The van der Waals surface area contributed by atoms with E-state index >= 15 is 0 Å². The zero-order valence-corrected chi connectivity index (χ0v) is 10.1. The SMILES string of the molecule is CC(O)c1ccnc(Oc2cccc(CO)c2)c1. The van der Waals surface area contributed by atoms with Gasteiger partial charge in [-0.05, 0) is 36.2 Å². The van der Waals surface area contributed by atoms with Crippen LogP contribution in [-0.2, 0) is 6.61 Å². The van der Waals surface area contributed by atoms with Crippen molar-refractivity contribution in [3.05, 3.63) is 53.7 Å². The molecule has 2 N–H and O–H groups in total. The number of pyridine rings is 1. The molecule has 1 unspecified atom stereocenters. The molecule has 1 aromatic heterocycles. The van der Waals surface area contributed by atoms with Crippen molar-refractivity contribution in [3.63, 3.8) is 0 Å². The Morgan fingerprint density at radius 2 is 2.11 bits per heavy atom. The van der Waals surface area contributed by atoms with Crippen molar-refractivity contribution in [1.29, 1.82) is 0 Å². The van der Waals surface area contributed by atoms with Gasteiger partial charge in [-0.3, -0.25) is 0 Å². The summed E-state index contributed by atoms with van der Waals surface area (Å²) >= 11 is 0. The summed E-state index contributed by atoms with van der Waals surface area (Å²) < 4.78 is 5.58. The topological polar surface area (TPSA) is 62.6 Å². The highest BCUT2D eigenvalue weighted by molar-refractivity contribution is 5.32. The maximum atomic E-state index is 9.48. The van der Waals surface area contributed by atoms with E-state index in [1.165, 1.54) is 0 Å². The number of ether oxygens (including phenoxy) is 1. The van der Waals surface area contributed by atoms with Gasteiger partial charge in [-0.2, -0.15) is 0 Å². The fraction of sp³-hybridized carbons (Fsp3) is 0.214. The minimum Gasteiger partial charge on any atom is -0.439 e. The lowest BCUT2D eigenvalue weighted by atomic mass is 10.2. The Bertz CT molecular complexity index is 526. The van der Waals surface area contributed by atoms with Crippen LogP contribution in [0.25, 0.3) is 0 Å². The lowest BCUT2D eigenvalue weighted by Gasteiger charge is -2.08. The van der Waals surface area contributed by atoms with Gasteiger partial charge in [0.15, 0.2) is 0 Å². The van der Waals surface area contributed by atoms with Crippen LogP contribution in [-0.4, -0.2) is 15.2 Å². The minimum absolute atomic E-state index is 0.0294. The lowest BCUT2D eigenvalue weighted by molar-refractivity contribution is 0.198. The zero-order valence-electron chi connectivity index (χ0n) is 10.1. The molecule has 0 aliphatic rings. The second-order valence-electron chi connectivity index (χ2n) is 4.01. The molecular weight excluding hydrogens is 230 g/mol. The van der Waals surface area contributed by atoms with Crippen molar-refractivity contribution in [1.82, 2.24) is 4.98 Å².